The molecule has 0 aliphatic heterocycles. The number of benzene rings is 1. The molecule has 6 heteroatoms. The molecule has 120 valence electrons. The van der Waals surface area contributed by atoms with Crippen LogP contribution in [0, 0.1) is 5.41 Å². The minimum absolute atomic E-state index is 0.0413. The van der Waals surface area contributed by atoms with E-state index in [4.69, 9.17) is 4.74 Å². The number of hydrogen-bond donors (Lipinski definition) is 1. The van der Waals surface area contributed by atoms with Crippen LogP contribution in [0.25, 0.3) is 0 Å². The first-order chi connectivity index (χ1) is 9.79. The van der Waals surface area contributed by atoms with Crippen molar-refractivity contribution in [1.82, 2.24) is 5.32 Å². The molecular weight excluding hydrogens is 299 g/mol. The first-order valence-electron chi connectivity index (χ1n) is 6.82. The fourth-order valence-electron chi connectivity index (χ4n) is 1.76. The van der Waals surface area contributed by atoms with Crippen LogP contribution in [0.4, 0.5) is 13.2 Å². The molecule has 2 nitrogen and oxygen atoms in total. The summed E-state index contributed by atoms with van der Waals surface area (Å²) in [6, 6.07) is 10.0. The van der Waals surface area contributed by atoms with Gasteiger partial charge in [0.15, 0.2) is 0 Å². The molecule has 0 unspecified atom stereocenters. The minimum atomic E-state index is -4.17. The largest absolute Gasteiger partial charge is 0.441 e. The maximum Gasteiger partial charge on any atom is 0.441 e. The number of rotatable bonds is 9. The first-order valence-corrected chi connectivity index (χ1v) is 7.80. The van der Waals surface area contributed by atoms with E-state index in [-0.39, 0.29) is 29.5 Å². The van der Waals surface area contributed by atoms with Gasteiger partial charge in [-0.25, -0.2) is 0 Å². The van der Waals surface area contributed by atoms with E-state index in [1.165, 1.54) is 5.56 Å². The van der Waals surface area contributed by atoms with Gasteiger partial charge >= 0.3 is 5.51 Å². The lowest BCUT2D eigenvalue weighted by Gasteiger charge is -2.25. The summed E-state index contributed by atoms with van der Waals surface area (Å²) in [7, 11) is 0. The Morgan fingerprint density at radius 2 is 1.81 bits per heavy atom. The molecule has 1 rings (SSSR count). The monoisotopic (exact) mass is 321 g/mol. The van der Waals surface area contributed by atoms with Crippen LogP contribution in [0.15, 0.2) is 30.3 Å². The van der Waals surface area contributed by atoms with Crippen molar-refractivity contribution in [2.45, 2.75) is 25.9 Å². The lowest BCUT2D eigenvalue weighted by molar-refractivity contribution is -0.0333. The Morgan fingerprint density at radius 3 is 2.43 bits per heavy atom. The van der Waals surface area contributed by atoms with Gasteiger partial charge in [0.2, 0.25) is 0 Å². The number of alkyl halides is 3. The molecule has 0 bridgehead atoms. The Bertz CT molecular complexity index is 396. The van der Waals surface area contributed by atoms with Gasteiger partial charge in [0.25, 0.3) is 0 Å². The molecule has 0 aromatic heterocycles. The Balaban J connectivity index is 2.12. The number of hydrogen-bond acceptors (Lipinski definition) is 3. The van der Waals surface area contributed by atoms with Crippen LogP contribution in [-0.4, -0.2) is 31.0 Å². The Morgan fingerprint density at radius 1 is 1.14 bits per heavy atom. The number of nitrogens with one attached hydrogen (secondary N) is 1. The zero-order valence-electron chi connectivity index (χ0n) is 12.4. The fourth-order valence-corrected chi connectivity index (χ4v) is 2.19. The predicted molar refractivity (Wildman–Crippen MR) is 81.3 cm³/mol. The van der Waals surface area contributed by atoms with E-state index < -0.39 is 5.51 Å². The zero-order valence-corrected chi connectivity index (χ0v) is 13.2. The van der Waals surface area contributed by atoms with Crippen molar-refractivity contribution in [3.8, 4) is 0 Å². The van der Waals surface area contributed by atoms with Gasteiger partial charge in [0, 0.05) is 24.3 Å². The second-order valence-corrected chi connectivity index (χ2v) is 6.76. The normalized spacial score (nSPS) is 12.6. The van der Waals surface area contributed by atoms with E-state index in [0.717, 1.165) is 13.1 Å². The third kappa shape index (κ3) is 9.77. The second-order valence-electron chi connectivity index (χ2n) is 5.60. The van der Waals surface area contributed by atoms with E-state index in [1.54, 1.807) is 0 Å². The lowest BCUT2D eigenvalue weighted by atomic mass is 9.95. The van der Waals surface area contributed by atoms with Gasteiger partial charge in [-0.05, 0) is 17.3 Å². The van der Waals surface area contributed by atoms with E-state index in [1.807, 2.05) is 44.2 Å². The SMILES string of the molecule is CC(C)(CNCc1ccccc1)COCCSC(F)(F)F. The van der Waals surface area contributed by atoms with Crippen LogP contribution < -0.4 is 5.32 Å². The third-order valence-corrected chi connectivity index (χ3v) is 3.46. The van der Waals surface area contributed by atoms with E-state index >= 15 is 0 Å². The molecule has 0 saturated heterocycles. The Labute approximate surface area is 128 Å². The van der Waals surface area contributed by atoms with Gasteiger partial charge in [-0.2, -0.15) is 13.2 Å². The summed E-state index contributed by atoms with van der Waals surface area (Å²) in [6.07, 6.45) is 0. The predicted octanol–water partition coefficient (Wildman–Crippen LogP) is 4.07. The van der Waals surface area contributed by atoms with E-state index in [9.17, 15) is 13.2 Å². The van der Waals surface area contributed by atoms with Crippen molar-refractivity contribution in [3.63, 3.8) is 0 Å². The van der Waals surface area contributed by atoms with Gasteiger partial charge in [-0.1, -0.05) is 44.2 Å². The molecule has 1 N–H and O–H groups in total. The summed E-state index contributed by atoms with van der Waals surface area (Å²) >= 11 is -0.0413. The maximum absolute atomic E-state index is 11.9. The van der Waals surface area contributed by atoms with E-state index in [0.29, 0.717) is 6.61 Å². The van der Waals surface area contributed by atoms with Crippen molar-refractivity contribution < 1.29 is 17.9 Å². The standard InChI is InChI=1S/C15H22F3NOS/c1-14(2,12-20-8-9-21-15(16,17)18)11-19-10-13-6-4-3-5-7-13/h3-7,19H,8-12H2,1-2H3. The second kappa shape index (κ2) is 8.66. The topological polar surface area (TPSA) is 21.3 Å². The van der Waals surface area contributed by atoms with E-state index in [2.05, 4.69) is 5.32 Å². The summed E-state index contributed by atoms with van der Waals surface area (Å²) in [5.41, 5.74) is -3.08. The van der Waals surface area contributed by atoms with Gasteiger partial charge in [-0.3, -0.25) is 0 Å². The molecule has 0 spiro atoms. The van der Waals surface area contributed by atoms with Crippen LogP contribution in [0.5, 0.6) is 0 Å². The highest BCUT2D eigenvalue weighted by Crippen LogP contribution is 2.29. The number of thioether (sulfide) groups is 1. The highest BCUT2D eigenvalue weighted by atomic mass is 32.2. The van der Waals surface area contributed by atoms with Crippen molar-refractivity contribution in [3.05, 3.63) is 35.9 Å². The van der Waals surface area contributed by atoms with Crippen LogP contribution >= 0.6 is 11.8 Å². The highest BCUT2D eigenvalue weighted by Gasteiger charge is 2.27. The average molecular weight is 321 g/mol. The van der Waals surface area contributed by atoms with Crippen molar-refractivity contribution >= 4 is 11.8 Å². The van der Waals surface area contributed by atoms with Crippen LogP contribution in [0.1, 0.15) is 19.4 Å². The minimum Gasteiger partial charge on any atom is -0.380 e. The van der Waals surface area contributed by atoms with Gasteiger partial charge in [-0.15, -0.1) is 0 Å². The summed E-state index contributed by atoms with van der Waals surface area (Å²) in [4.78, 5) is 0. The van der Waals surface area contributed by atoms with Gasteiger partial charge in [0.05, 0.1) is 13.2 Å². The lowest BCUT2D eigenvalue weighted by Crippen LogP contribution is -2.33. The van der Waals surface area contributed by atoms with Gasteiger partial charge in [0.1, 0.15) is 0 Å². The van der Waals surface area contributed by atoms with Gasteiger partial charge < -0.3 is 10.1 Å². The van der Waals surface area contributed by atoms with Crippen molar-refractivity contribution in [2.24, 2.45) is 5.41 Å². The molecule has 0 heterocycles. The average Bonchev–Trinajstić information content (AvgIpc) is 2.38. The summed E-state index contributed by atoms with van der Waals surface area (Å²) in [6.45, 7) is 6.13. The molecule has 0 aliphatic carbocycles. The molecule has 0 radical (unpaired) electrons. The summed E-state index contributed by atoms with van der Waals surface area (Å²) < 4.78 is 41.2. The van der Waals surface area contributed by atoms with Crippen LogP contribution in [-0.2, 0) is 11.3 Å². The molecule has 1 aromatic rings. The highest BCUT2D eigenvalue weighted by molar-refractivity contribution is 8.00. The smallest absolute Gasteiger partial charge is 0.380 e. The molecule has 0 amide bonds. The van der Waals surface area contributed by atoms with Crippen LogP contribution in [0.2, 0.25) is 0 Å². The molecule has 0 atom stereocenters. The zero-order chi connectivity index (χ0) is 15.8. The molecule has 0 aliphatic rings. The molecule has 1 aromatic carbocycles. The Hall–Kier alpha value is -0.720. The molecular formula is C15H22F3NOS. The quantitative estimate of drug-likeness (QED) is 0.693. The molecule has 0 fully saturated rings. The van der Waals surface area contributed by atoms with Crippen molar-refractivity contribution in [2.75, 3.05) is 25.5 Å². The van der Waals surface area contributed by atoms with Crippen molar-refractivity contribution in [1.29, 1.82) is 0 Å². The molecule has 0 saturated carbocycles. The third-order valence-electron chi connectivity index (χ3n) is 2.76. The van der Waals surface area contributed by atoms with Crippen LogP contribution in [0.3, 0.4) is 0 Å². The number of halogens is 3. The summed E-state index contributed by atoms with van der Waals surface area (Å²) in [5.74, 6) is -0.0585. The summed E-state index contributed by atoms with van der Waals surface area (Å²) in [5, 5.41) is 3.34. The Kier molecular flexibility index (Phi) is 7.56. The number of ether oxygens (including phenoxy) is 1. The molecule has 21 heavy (non-hydrogen) atoms. The fraction of sp³-hybridized carbons (Fsp3) is 0.600. The maximum atomic E-state index is 11.9. The first kappa shape index (κ1) is 18.3.